The van der Waals surface area contributed by atoms with E-state index in [9.17, 15) is 5.11 Å². The summed E-state index contributed by atoms with van der Waals surface area (Å²) in [5.41, 5.74) is 0. The Hall–Kier alpha value is -0.823. The minimum absolute atomic E-state index is 0.247. The van der Waals surface area contributed by atoms with Crippen LogP contribution in [0.3, 0.4) is 0 Å². The highest BCUT2D eigenvalue weighted by molar-refractivity contribution is 6.74. The van der Waals surface area contributed by atoms with Crippen LogP contribution in [0.25, 0.3) is 0 Å². The molecule has 0 fully saturated rings. The first-order valence-electron chi connectivity index (χ1n) is 9.34. The predicted molar refractivity (Wildman–Crippen MR) is 109 cm³/mol. The van der Waals surface area contributed by atoms with E-state index in [0.717, 1.165) is 12.8 Å². The lowest BCUT2D eigenvalue weighted by atomic mass is 10.2. The van der Waals surface area contributed by atoms with Crippen LogP contribution in [-0.4, -0.2) is 26.1 Å². The Kier molecular flexibility index (Phi) is 12.1. The van der Waals surface area contributed by atoms with Crippen LogP contribution in [0.1, 0.15) is 66.2 Å². The van der Waals surface area contributed by atoms with E-state index in [-0.39, 0.29) is 5.04 Å². The number of aliphatic hydroxyl groups excluding tert-OH is 1. The van der Waals surface area contributed by atoms with Crippen LogP contribution in [0.15, 0.2) is 24.3 Å². The predicted octanol–water partition coefficient (Wildman–Crippen LogP) is 5.85. The average molecular weight is 351 g/mol. The molecule has 0 heterocycles. The highest BCUT2D eigenvalue weighted by atomic mass is 28.4. The molecule has 0 amide bonds. The fraction of sp³-hybridized carbons (Fsp3) is 0.714. The monoisotopic (exact) mass is 350 g/mol. The highest BCUT2D eigenvalue weighted by Gasteiger charge is 2.36. The van der Waals surface area contributed by atoms with Crippen molar-refractivity contribution in [2.24, 2.45) is 0 Å². The molecule has 138 valence electrons. The van der Waals surface area contributed by atoms with Crippen molar-refractivity contribution in [2.45, 2.75) is 90.5 Å². The maximum absolute atomic E-state index is 9.82. The van der Waals surface area contributed by atoms with Crippen LogP contribution >= 0.6 is 0 Å². The van der Waals surface area contributed by atoms with Gasteiger partial charge in [0.15, 0.2) is 8.32 Å². The lowest BCUT2D eigenvalue weighted by molar-refractivity contribution is 0.223. The molecular weight excluding hydrogens is 312 g/mol. The zero-order valence-electron chi connectivity index (χ0n) is 16.7. The molecule has 0 bridgehead atoms. The van der Waals surface area contributed by atoms with Crippen LogP contribution in [0.5, 0.6) is 0 Å². The number of rotatable bonds is 10. The molecule has 0 aromatic rings. The van der Waals surface area contributed by atoms with Gasteiger partial charge in [0.2, 0.25) is 0 Å². The molecule has 0 aliphatic carbocycles. The van der Waals surface area contributed by atoms with E-state index in [4.69, 9.17) is 4.43 Å². The van der Waals surface area contributed by atoms with E-state index in [0.29, 0.717) is 13.0 Å². The molecule has 3 heteroatoms. The molecule has 0 aliphatic rings. The third-order valence-electron chi connectivity index (χ3n) is 4.55. The summed E-state index contributed by atoms with van der Waals surface area (Å²) in [5, 5.41) is 10.1. The van der Waals surface area contributed by atoms with Gasteiger partial charge in [-0.25, -0.2) is 0 Å². The molecule has 0 aromatic carbocycles. The lowest BCUT2D eigenvalue weighted by Gasteiger charge is -2.35. The largest absolute Gasteiger partial charge is 0.413 e. The van der Waals surface area contributed by atoms with Crippen LogP contribution < -0.4 is 0 Å². The molecule has 24 heavy (non-hydrogen) atoms. The second-order valence-corrected chi connectivity index (χ2v) is 12.6. The fourth-order valence-corrected chi connectivity index (χ4v) is 2.73. The van der Waals surface area contributed by atoms with Gasteiger partial charge in [-0.1, -0.05) is 70.6 Å². The second-order valence-electron chi connectivity index (χ2n) is 7.82. The third kappa shape index (κ3) is 11.7. The molecule has 0 saturated heterocycles. The molecule has 0 radical (unpaired) electrons. The van der Waals surface area contributed by atoms with Crippen molar-refractivity contribution in [1.82, 2.24) is 0 Å². The van der Waals surface area contributed by atoms with Crippen molar-refractivity contribution in [3.63, 3.8) is 0 Å². The lowest BCUT2D eigenvalue weighted by Crippen LogP contribution is -2.40. The van der Waals surface area contributed by atoms with Gasteiger partial charge in [-0.05, 0) is 49.9 Å². The maximum atomic E-state index is 9.82. The minimum atomic E-state index is -1.65. The van der Waals surface area contributed by atoms with Gasteiger partial charge in [0.25, 0.3) is 0 Å². The quantitative estimate of drug-likeness (QED) is 0.232. The molecule has 0 rings (SSSR count). The van der Waals surface area contributed by atoms with E-state index in [2.05, 4.69) is 70.9 Å². The number of allylic oxidation sites excluding steroid dienone is 3. The Labute approximate surface area is 151 Å². The van der Waals surface area contributed by atoms with Gasteiger partial charge in [-0.3, -0.25) is 0 Å². The summed E-state index contributed by atoms with van der Waals surface area (Å²) in [5.74, 6) is 5.80. The summed E-state index contributed by atoms with van der Waals surface area (Å²) in [4.78, 5) is 0. The summed E-state index contributed by atoms with van der Waals surface area (Å²) in [7, 11) is -1.65. The van der Waals surface area contributed by atoms with Crippen LogP contribution in [0.4, 0.5) is 0 Å². The molecule has 1 unspecified atom stereocenters. The number of aliphatic hydroxyl groups is 1. The molecule has 0 aromatic heterocycles. The van der Waals surface area contributed by atoms with Crippen molar-refractivity contribution < 1.29 is 9.53 Å². The van der Waals surface area contributed by atoms with E-state index < -0.39 is 14.4 Å². The molecule has 2 nitrogen and oxygen atoms in total. The van der Waals surface area contributed by atoms with Crippen molar-refractivity contribution in [3.8, 4) is 11.8 Å². The zero-order chi connectivity index (χ0) is 18.5. The highest BCUT2D eigenvalue weighted by Crippen LogP contribution is 2.36. The van der Waals surface area contributed by atoms with E-state index >= 15 is 0 Å². The van der Waals surface area contributed by atoms with Gasteiger partial charge in [-0.2, -0.15) is 0 Å². The standard InChI is InChI=1S/C21H38O2Si/c1-7-8-9-10-11-12-14-17-20(22)18-15-13-16-19-23-24(5,6)21(2,3)4/h11-13,16,20,22H,7-10,15,18-19H2,1-6H3/b12-11+,16-13-. The summed E-state index contributed by atoms with van der Waals surface area (Å²) in [6, 6.07) is 0. The van der Waals surface area contributed by atoms with Crippen molar-refractivity contribution in [1.29, 1.82) is 0 Å². The first-order chi connectivity index (χ1) is 11.2. The second kappa shape index (κ2) is 12.5. The smallest absolute Gasteiger partial charge is 0.192 e. The van der Waals surface area contributed by atoms with Crippen molar-refractivity contribution in [3.05, 3.63) is 24.3 Å². The van der Waals surface area contributed by atoms with Crippen LogP contribution in [-0.2, 0) is 4.43 Å². The van der Waals surface area contributed by atoms with Crippen molar-refractivity contribution >= 4 is 8.32 Å². The molecule has 0 saturated carbocycles. The Balaban J connectivity index is 3.88. The summed E-state index contributed by atoms with van der Waals surface area (Å²) in [6.07, 6.45) is 13.9. The topological polar surface area (TPSA) is 29.5 Å². The van der Waals surface area contributed by atoms with E-state index in [1.165, 1.54) is 19.3 Å². The number of hydrogen-bond donors (Lipinski definition) is 1. The first-order valence-corrected chi connectivity index (χ1v) is 12.2. The summed E-state index contributed by atoms with van der Waals surface area (Å²) < 4.78 is 6.07. The molecule has 0 aliphatic heterocycles. The Morgan fingerprint density at radius 1 is 1.08 bits per heavy atom. The third-order valence-corrected chi connectivity index (χ3v) is 9.05. The number of hydrogen-bond acceptors (Lipinski definition) is 2. The van der Waals surface area contributed by atoms with Gasteiger partial charge >= 0.3 is 0 Å². The zero-order valence-corrected chi connectivity index (χ0v) is 17.7. The molecule has 1 atom stereocenters. The van der Waals surface area contributed by atoms with E-state index in [1.807, 2.05) is 6.08 Å². The Bertz CT molecular complexity index is 433. The Morgan fingerprint density at radius 3 is 2.42 bits per heavy atom. The van der Waals surface area contributed by atoms with Gasteiger partial charge in [0.05, 0.1) is 6.61 Å². The molecule has 0 spiro atoms. The summed E-state index contributed by atoms with van der Waals surface area (Å²) >= 11 is 0. The molecule has 1 N–H and O–H groups in total. The number of unbranched alkanes of at least 4 members (excludes halogenated alkanes) is 3. The Morgan fingerprint density at radius 2 is 1.79 bits per heavy atom. The molecular formula is C21H38O2Si. The van der Waals surface area contributed by atoms with Crippen molar-refractivity contribution in [2.75, 3.05) is 6.61 Å². The summed E-state index contributed by atoms with van der Waals surface area (Å²) in [6.45, 7) is 14.1. The van der Waals surface area contributed by atoms with Gasteiger partial charge < -0.3 is 9.53 Å². The SMILES string of the molecule is CCCCC/C=C/C#CC(O)CC/C=C\CO[Si](C)(C)C(C)(C)C. The fourth-order valence-electron chi connectivity index (χ4n) is 1.78. The van der Waals surface area contributed by atoms with Crippen LogP contribution in [0.2, 0.25) is 18.1 Å². The van der Waals surface area contributed by atoms with Gasteiger partial charge in [0, 0.05) is 0 Å². The van der Waals surface area contributed by atoms with Gasteiger partial charge in [-0.15, -0.1) is 0 Å². The average Bonchev–Trinajstić information content (AvgIpc) is 2.48. The normalized spacial score (nSPS) is 14.1. The van der Waals surface area contributed by atoms with E-state index in [1.54, 1.807) is 0 Å². The van der Waals surface area contributed by atoms with Crippen LogP contribution in [0, 0.1) is 11.8 Å². The van der Waals surface area contributed by atoms with Gasteiger partial charge in [0.1, 0.15) is 6.10 Å². The minimum Gasteiger partial charge on any atom is -0.413 e. The first kappa shape index (κ1) is 23.2. The maximum Gasteiger partial charge on any atom is 0.192 e.